The lowest BCUT2D eigenvalue weighted by atomic mass is 10.00. The lowest BCUT2D eigenvalue weighted by Crippen LogP contribution is -2.33. The van der Waals surface area contributed by atoms with E-state index in [4.69, 9.17) is 10.5 Å². The van der Waals surface area contributed by atoms with Gasteiger partial charge in [-0.2, -0.15) is 5.21 Å². The Morgan fingerprint density at radius 3 is 2.77 bits per heavy atom. The van der Waals surface area contributed by atoms with E-state index >= 15 is 0 Å². The van der Waals surface area contributed by atoms with Gasteiger partial charge >= 0.3 is 6.09 Å². The van der Waals surface area contributed by atoms with Crippen LogP contribution < -0.4 is 16.0 Å². The maximum Gasteiger partial charge on any atom is 0.414 e. The number of H-pyrrole nitrogens is 1. The quantitative estimate of drug-likeness (QED) is 0.544. The smallest absolute Gasteiger partial charge is 0.414 e. The summed E-state index contributed by atoms with van der Waals surface area (Å²) in [6.07, 6.45) is -1.07. The summed E-state index contributed by atoms with van der Waals surface area (Å²) in [5.41, 5.74) is 8.27. The minimum Gasteiger partial charge on any atom is -0.442 e. The molecule has 1 fully saturated rings. The van der Waals surface area contributed by atoms with Crippen molar-refractivity contribution in [1.29, 1.82) is 0 Å². The molecular weight excluding hydrogens is 405 g/mol. The molecule has 0 spiro atoms. The number of anilines is 1. The highest BCUT2D eigenvalue weighted by molar-refractivity contribution is 5.90. The number of cyclic esters (lactones) is 1. The third-order valence-corrected chi connectivity index (χ3v) is 4.94. The molecule has 2 amide bonds. The van der Waals surface area contributed by atoms with Crippen LogP contribution in [0.3, 0.4) is 0 Å². The Kier molecular flexibility index (Phi) is 5.58. The topological polar surface area (TPSA) is 139 Å². The summed E-state index contributed by atoms with van der Waals surface area (Å²) in [5, 5.41) is 16.2. The van der Waals surface area contributed by atoms with E-state index in [-0.39, 0.29) is 19.0 Å². The molecule has 1 saturated heterocycles. The van der Waals surface area contributed by atoms with Gasteiger partial charge in [0.25, 0.3) is 0 Å². The Morgan fingerprint density at radius 1 is 1.35 bits per heavy atom. The van der Waals surface area contributed by atoms with E-state index in [2.05, 4.69) is 25.9 Å². The lowest BCUT2D eigenvalue weighted by molar-refractivity contribution is -0.119. The van der Waals surface area contributed by atoms with Crippen LogP contribution in [0.15, 0.2) is 42.5 Å². The molecule has 4 rings (SSSR count). The molecule has 0 aliphatic carbocycles. The summed E-state index contributed by atoms with van der Waals surface area (Å²) in [7, 11) is 0. The van der Waals surface area contributed by atoms with Gasteiger partial charge in [-0.15, -0.1) is 10.2 Å². The molecule has 0 saturated carbocycles. The Balaban J connectivity index is 1.49. The number of tetrazole rings is 1. The van der Waals surface area contributed by atoms with Crippen LogP contribution in [0.25, 0.3) is 11.1 Å². The van der Waals surface area contributed by atoms with Crippen molar-refractivity contribution in [3.63, 3.8) is 0 Å². The minimum absolute atomic E-state index is 0.205. The molecule has 2 atom stereocenters. The van der Waals surface area contributed by atoms with Crippen molar-refractivity contribution in [2.24, 2.45) is 5.73 Å². The van der Waals surface area contributed by atoms with Gasteiger partial charge in [-0.25, -0.2) is 9.18 Å². The number of hydrogen-bond acceptors (Lipinski definition) is 7. The SMILES string of the molecule is CC(=O)NC[C@H]1CN(c2ccc(-c3ccc(C(N)c4nn[nH]n4)cc3)c(F)c2)C(=O)O1. The first-order valence-electron chi connectivity index (χ1n) is 9.54. The van der Waals surface area contributed by atoms with Gasteiger partial charge < -0.3 is 15.8 Å². The number of nitrogens with two attached hydrogens (primary N) is 1. The van der Waals surface area contributed by atoms with Gasteiger partial charge in [0.2, 0.25) is 5.91 Å². The lowest BCUT2D eigenvalue weighted by Gasteiger charge is -2.15. The average Bonchev–Trinajstić information content (AvgIpc) is 3.42. The van der Waals surface area contributed by atoms with E-state index in [0.717, 1.165) is 5.56 Å². The zero-order valence-corrected chi connectivity index (χ0v) is 16.6. The van der Waals surface area contributed by atoms with Crippen molar-refractivity contribution >= 4 is 17.7 Å². The maximum absolute atomic E-state index is 14.9. The molecule has 1 aliphatic rings. The van der Waals surface area contributed by atoms with Gasteiger partial charge in [-0.05, 0) is 29.3 Å². The fourth-order valence-corrected chi connectivity index (χ4v) is 3.32. The number of nitrogens with one attached hydrogen (secondary N) is 2. The number of amides is 2. The molecular formula is C20H20FN7O3. The molecule has 4 N–H and O–H groups in total. The van der Waals surface area contributed by atoms with E-state index in [9.17, 15) is 14.0 Å². The normalized spacial score (nSPS) is 16.8. The Morgan fingerprint density at radius 2 is 2.13 bits per heavy atom. The third kappa shape index (κ3) is 4.36. The number of halogens is 1. The summed E-state index contributed by atoms with van der Waals surface area (Å²) in [5.74, 6) is -0.336. The van der Waals surface area contributed by atoms with E-state index < -0.39 is 24.1 Å². The Hall–Kier alpha value is -3.86. The number of aromatic amines is 1. The van der Waals surface area contributed by atoms with Gasteiger partial charge in [-0.3, -0.25) is 9.69 Å². The van der Waals surface area contributed by atoms with E-state index in [1.54, 1.807) is 36.4 Å². The second kappa shape index (κ2) is 8.48. The zero-order valence-electron chi connectivity index (χ0n) is 16.6. The predicted octanol–water partition coefficient (Wildman–Crippen LogP) is 1.52. The fraction of sp³-hybridized carbons (Fsp3) is 0.250. The molecule has 10 nitrogen and oxygen atoms in total. The van der Waals surface area contributed by atoms with Crippen LogP contribution in [0.2, 0.25) is 0 Å². The summed E-state index contributed by atoms with van der Waals surface area (Å²) in [6.45, 7) is 1.81. The molecule has 2 heterocycles. The monoisotopic (exact) mass is 425 g/mol. The minimum atomic E-state index is -0.581. The Bertz CT molecular complexity index is 1090. The maximum atomic E-state index is 14.9. The average molecular weight is 425 g/mol. The summed E-state index contributed by atoms with van der Waals surface area (Å²) >= 11 is 0. The summed E-state index contributed by atoms with van der Waals surface area (Å²) in [6, 6.07) is 11.0. The number of nitrogens with zero attached hydrogens (tertiary/aromatic N) is 4. The molecule has 1 aliphatic heterocycles. The van der Waals surface area contributed by atoms with Crippen molar-refractivity contribution in [3.05, 3.63) is 59.7 Å². The highest BCUT2D eigenvalue weighted by atomic mass is 19.1. The molecule has 2 aromatic carbocycles. The van der Waals surface area contributed by atoms with Crippen LogP contribution in [-0.4, -0.2) is 51.8 Å². The number of carbonyl (C=O) groups excluding carboxylic acids is 2. The Labute approximate surface area is 176 Å². The van der Waals surface area contributed by atoms with Crippen LogP contribution in [-0.2, 0) is 9.53 Å². The molecule has 3 aromatic rings. The van der Waals surface area contributed by atoms with Gasteiger partial charge in [0.15, 0.2) is 5.82 Å². The largest absolute Gasteiger partial charge is 0.442 e. The van der Waals surface area contributed by atoms with E-state index in [1.807, 2.05) is 0 Å². The second-order valence-electron chi connectivity index (χ2n) is 7.09. The number of hydrogen-bond donors (Lipinski definition) is 3. The molecule has 160 valence electrons. The molecule has 11 heteroatoms. The highest BCUT2D eigenvalue weighted by Crippen LogP contribution is 2.30. The van der Waals surface area contributed by atoms with Crippen molar-refractivity contribution in [3.8, 4) is 11.1 Å². The number of carbonyl (C=O) groups is 2. The molecule has 0 radical (unpaired) electrons. The number of benzene rings is 2. The van der Waals surface area contributed by atoms with Gasteiger partial charge in [-0.1, -0.05) is 29.5 Å². The van der Waals surface area contributed by atoms with E-state index in [0.29, 0.717) is 22.6 Å². The third-order valence-electron chi connectivity index (χ3n) is 4.94. The van der Waals surface area contributed by atoms with Crippen LogP contribution in [0.1, 0.15) is 24.4 Å². The highest BCUT2D eigenvalue weighted by Gasteiger charge is 2.32. The molecule has 0 bridgehead atoms. The van der Waals surface area contributed by atoms with Crippen LogP contribution in [0, 0.1) is 5.82 Å². The number of ether oxygens (including phenoxy) is 1. The number of aromatic nitrogens is 4. The standard InChI is InChI=1S/C20H20FN7O3/c1-11(29)23-9-15-10-28(20(30)31-15)14-6-7-16(17(21)8-14)12-2-4-13(5-3-12)18(22)19-24-26-27-25-19/h2-8,15,18H,9-10,22H2,1H3,(H,23,29)(H,24,25,26,27)/t15-,18?/m0/s1. The van der Waals surface area contributed by atoms with Crippen molar-refractivity contribution in [2.45, 2.75) is 19.1 Å². The molecule has 31 heavy (non-hydrogen) atoms. The first kappa shape index (κ1) is 20.4. The zero-order chi connectivity index (χ0) is 22.0. The van der Waals surface area contributed by atoms with Gasteiger partial charge in [0, 0.05) is 12.5 Å². The summed E-state index contributed by atoms with van der Waals surface area (Å²) < 4.78 is 20.1. The first-order chi connectivity index (χ1) is 14.9. The van der Waals surface area contributed by atoms with Gasteiger partial charge in [0.05, 0.1) is 24.8 Å². The van der Waals surface area contributed by atoms with Crippen LogP contribution in [0.4, 0.5) is 14.9 Å². The van der Waals surface area contributed by atoms with Crippen molar-refractivity contribution < 1.29 is 18.7 Å². The molecule has 1 aromatic heterocycles. The fourth-order valence-electron chi connectivity index (χ4n) is 3.32. The van der Waals surface area contributed by atoms with Crippen molar-refractivity contribution in [1.82, 2.24) is 25.9 Å². The van der Waals surface area contributed by atoms with Gasteiger partial charge in [0.1, 0.15) is 11.9 Å². The number of rotatable bonds is 6. The first-order valence-corrected chi connectivity index (χ1v) is 9.54. The second-order valence-corrected chi connectivity index (χ2v) is 7.09. The van der Waals surface area contributed by atoms with E-state index in [1.165, 1.54) is 17.9 Å². The van der Waals surface area contributed by atoms with Crippen molar-refractivity contribution in [2.75, 3.05) is 18.0 Å². The predicted molar refractivity (Wildman–Crippen MR) is 108 cm³/mol. The van der Waals surface area contributed by atoms with Crippen LogP contribution >= 0.6 is 0 Å². The van der Waals surface area contributed by atoms with Crippen LogP contribution in [0.5, 0.6) is 0 Å². The summed E-state index contributed by atoms with van der Waals surface area (Å²) in [4.78, 5) is 24.5. The molecule has 1 unspecified atom stereocenters.